The number of hydrogen-bond donors (Lipinski definition) is 1. The van der Waals surface area contributed by atoms with Gasteiger partial charge in [0.25, 0.3) is 0 Å². The Morgan fingerprint density at radius 3 is 2.09 bits per heavy atom. The summed E-state index contributed by atoms with van der Waals surface area (Å²) < 4.78 is 28.9. The van der Waals surface area contributed by atoms with Crippen molar-refractivity contribution in [2.75, 3.05) is 27.9 Å². The van der Waals surface area contributed by atoms with Gasteiger partial charge in [-0.25, -0.2) is 4.39 Å². The Hall–Kier alpha value is -2.27. The first-order valence-corrected chi connectivity index (χ1v) is 7.53. The van der Waals surface area contributed by atoms with E-state index in [1.54, 1.807) is 21.3 Å². The van der Waals surface area contributed by atoms with Gasteiger partial charge in [0.1, 0.15) is 18.1 Å². The van der Waals surface area contributed by atoms with Crippen LogP contribution in [0.25, 0.3) is 0 Å². The van der Waals surface area contributed by atoms with E-state index in [1.807, 2.05) is 24.3 Å². The Morgan fingerprint density at radius 2 is 1.48 bits per heavy atom. The average molecular weight is 320 g/mol. The van der Waals surface area contributed by atoms with Crippen LogP contribution in [0, 0.1) is 5.82 Å². The van der Waals surface area contributed by atoms with Crippen molar-refractivity contribution < 1.29 is 23.9 Å². The molecule has 0 spiro atoms. The number of rotatable bonds is 8. The van der Waals surface area contributed by atoms with Crippen molar-refractivity contribution in [3.05, 3.63) is 53.3 Å². The minimum Gasteiger partial charge on any atom is -0.496 e. The van der Waals surface area contributed by atoms with E-state index in [0.717, 1.165) is 36.4 Å². The van der Waals surface area contributed by atoms with Crippen molar-refractivity contribution >= 4 is 0 Å². The van der Waals surface area contributed by atoms with Gasteiger partial charge in [0.05, 0.1) is 33.4 Å². The standard InChI is InChI=1S/C18H22FNO3/c1-21-16-11-18(23-3)17(22-2)10-14(16)12-20-9-8-13-4-6-15(19)7-5-13/h4-7,10-11,20H,8-9,12H2,1-3H3/p+1. The van der Waals surface area contributed by atoms with Gasteiger partial charge in [-0.05, 0) is 23.8 Å². The average Bonchev–Trinajstić information content (AvgIpc) is 2.59. The fourth-order valence-electron chi connectivity index (χ4n) is 2.43. The van der Waals surface area contributed by atoms with Gasteiger partial charge >= 0.3 is 0 Å². The third-order valence-corrected chi connectivity index (χ3v) is 3.70. The fraction of sp³-hybridized carbons (Fsp3) is 0.333. The molecule has 0 atom stereocenters. The number of ether oxygens (including phenoxy) is 3. The molecular weight excluding hydrogens is 297 g/mol. The summed E-state index contributed by atoms with van der Waals surface area (Å²) in [5.41, 5.74) is 2.17. The largest absolute Gasteiger partial charge is 0.496 e. The molecule has 0 saturated carbocycles. The second kappa shape index (κ2) is 8.39. The smallest absolute Gasteiger partial charge is 0.164 e. The highest BCUT2D eigenvalue weighted by molar-refractivity contribution is 5.50. The first kappa shape index (κ1) is 17.1. The molecule has 0 radical (unpaired) electrons. The van der Waals surface area contributed by atoms with E-state index in [0.29, 0.717) is 11.5 Å². The van der Waals surface area contributed by atoms with Crippen LogP contribution >= 0.6 is 0 Å². The van der Waals surface area contributed by atoms with Gasteiger partial charge in [-0.15, -0.1) is 0 Å². The molecule has 2 N–H and O–H groups in total. The first-order chi connectivity index (χ1) is 11.2. The second-order valence-corrected chi connectivity index (χ2v) is 5.18. The molecule has 5 heteroatoms. The van der Waals surface area contributed by atoms with E-state index >= 15 is 0 Å². The first-order valence-electron chi connectivity index (χ1n) is 7.53. The highest BCUT2D eigenvalue weighted by Crippen LogP contribution is 2.34. The van der Waals surface area contributed by atoms with Crippen LogP contribution in [0.2, 0.25) is 0 Å². The monoisotopic (exact) mass is 320 g/mol. The SMILES string of the molecule is COc1cc(OC)c(OC)cc1C[NH2+]CCc1ccc(F)cc1. The lowest BCUT2D eigenvalue weighted by Gasteiger charge is -2.13. The number of methoxy groups -OCH3 is 3. The summed E-state index contributed by atoms with van der Waals surface area (Å²) in [4.78, 5) is 0. The number of nitrogens with two attached hydrogens (primary N) is 1. The number of quaternary nitrogens is 1. The van der Waals surface area contributed by atoms with Gasteiger partial charge in [0.15, 0.2) is 11.5 Å². The molecule has 0 bridgehead atoms. The molecule has 0 fully saturated rings. The van der Waals surface area contributed by atoms with Gasteiger partial charge in [-0.3, -0.25) is 0 Å². The molecule has 0 aliphatic heterocycles. The lowest BCUT2D eigenvalue weighted by Crippen LogP contribution is -2.83. The lowest BCUT2D eigenvalue weighted by atomic mass is 10.1. The van der Waals surface area contributed by atoms with E-state index in [-0.39, 0.29) is 5.82 Å². The Balaban J connectivity index is 1.95. The van der Waals surface area contributed by atoms with E-state index in [9.17, 15) is 4.39 Å². The van der Waals surface area contributed by atoms with Crippen molar-refractivity contribution in [2.24, 2.45) is 0 Å². The molecule has 0 aliphatic carbocycles. The van der Waals surface area contributed by atoms with Gasteiger partial charge in [-0.1, -0.05) is 12.1 Å². The van der Waals surface area contributed by atoms with Crippen LogP contribution < -0.4 is 19.5 Å². The Bertz CT molecular complexity index is 629. The Kier molecular flexibility index (Phi) is 6.23. The molecule has 0 aliphatic rings. The number of halogens is 1. The molecule has 2 rings (SSSR count). The zero-order valence-electron chi connectivity index (χ0n) is 13.8. The molecule has 0 amide bonds. The predicted octanol–water partition coefficient (Wildman–Crippen LogP) is 2.16. The normalized spacial score (nSPS) is 10.4. The van der Waals surface area contributed by atoms with Crippen LogP contribution in [0.4, 0.5) is 4.39 Å². The highest BCUT2D eigenvalue weighted by Gasteiger charge is 2.12. The Labute approximate surface area is 136 Å². The van der Waals surface area contributed by atoms with Gasteiger partial charge < -0.3 is 19.5 Å². The molecule has 2 aromatic rings. The number of benzene rings is 2. The third kappa shape index (κ3) is 4.60. The zero-order chi connectivity index (χ0) is 16.7. The maximum absolute atomic E-state index is 12.9. The molecule has 0 saturated heterocycles. The molecule has 2 aromatic carbocycles. The van der Waals surface area contributed by atoms with Crippen molar-refractivity contribution in [3.8, 4) is 17.2 Å². The highest BCUT2D eigenvalue weighted by atomic mass is 19.1. The molecule has 124 valence electrons. The minimum absolute atomic E-state index is 0.201. The van der Waals surface area contributed by atoms with Gasteiger partial charge in [0.2, 0.25) is 0 Å². The minimum atomic E-state index is -0.201. The number of hydrogen-bond acceptors (Lipinski definition) is 3. The van der Waals surface area contributed by atoms with E-state index in [2.05, 4.69) is 5.32 Å². The van der Waals surface area contributed by atoms with E-state index < -0.39 is 0 Å². The topological polar surface area (TPSA) is 44.3 Å². The predicted molar refractivity (Wildman–Crippen MR) is 86.7 cm³/mol. The summed E-state index contributed by atoms with van der Waals surface area (Å²) >= 11 is 0. The maximum atomic E-state index is 12.9. The summed E-state index contributed by atoms with van der Waals surface area (Å²) in [6.07, 6.45) is 0.885. The van der Waals surface area contributed by atoms with Gasteiger partial charge in [-0.2, -0.15) is 0 Å². The van der Waals surface area contributed by atoms with E-state index in [1.165, 1.54) is 12.1 Å². The van der Waals surface area contributed by atoms with Crippen LogP contribution in [-0.4, -0.2) is 27.9 Å². The van der Waals surface area contributed by atoms with Crippen molar-refractivity contribution in [1.82, 2.24) is 0 Å². The van der Waals surface area contributed by atoms with Crippen LogP contribution in [0.1, 0.15) is 11.1 Å². The third-order valence-electron chi connectivity index (χ3n) is 3.70. The van der Waals surface area contributed by atoms with Crippen LogP contribution in [0.3, 0.4) is 0 Å². The van der Waals surface area contributed by atoms with Crippen LogP contribution in [-0.2, 0) is 13.0 Å². The molecule has 23 heavy (non-hydrogen) atoms. The second-order valence-electron chi connectivity index (χ2n) is 5.18. The summed E-state index contributed by atoms with van der Waals surface area (Å²) in [5, 5.41) is 2.19. The Morgan fingerprint density at radius 1 is 0.870 bits per heavy atom. The zero-order valence-corrected chi connectivity index (χ0v) is 13.8. The quantitative estimate of drug-likeness (QED) is 0.758. The molecule has 0 heterocycles. The fourth-order valence-corrected chi connectivity index (χ4v) is 2.43. The lowest BCUT2D eigenvalue weighted by molar-refractivity contribution is -0.670. The molecular formula is C18H23FNO3+. The molecule has 4 nitrogen and oxygen atoms in total. The summed E-state index contributed by atoms with van der Waals surface area (Å²) in [7, 11) is 4.86. The van der Waals surface area contributed by atoms with Gasteiger partial charge in [0, 0.05) is 12.5 Å². The molecule has 0 aromatic heterocycles. The summed E-state index contributed by atoms with van der Waals surface area (Å²) in [5.74, 6) is 1.92. The van der Waals surface area contributed by atoms with Crippen LogP contribution in [0.5, 0.6) is 17.2 Å². The summed E-state index contributed by atoms with van der Waals surface area (Å²) in [6.45, 7) is 1.67. The maximum Gasteiger partial charge on any atom is 0.164 e. The molecule has 0 unspecified atom stereocenters. The van der Waals surface area contributed by atoms with Crippen LogP contribution in [0.15, 0.2) is 36.4 Å². The summed E-state index contributed by atoms with van der Waals surface area (Å²) in [6, 6.07) is 10.4. The van der Waals surface area contributed by atoms with E-state index in [4.69, 9.17) is 14.2 Å². The van der Waals surface area contributed by atoms with Crippen molar-refractivity contribution in [3.63, 3.8) is 0 Å². The van der Waals surface area contributed by atoms with Crippen molar-refractivity contribution in [2.45, 2.75) is 13.0 Å². The van der Waals surface area contributed by atoms with Crippen molar-refractivity contribution in [1.29, 1.82) is 0 Å².